The molecule has 3 aromatic rings. The van der Waals surface area contributed by atoms with Crippen LogP contribution in [0.2, 0.25) is 5.02 Å². The second-order valence-electron chi connectivity index (χ2n) is 4.33. The number of hydrogen-bond donors (Lipinski definition) is 1. The maximum absolute atomic E-state index is 11.4. The highest BCUT2D eigenvalue weighted by Gasteiger charge is 2.23. The van der Waals surface area contributed by atoms with E-state index >= 15 is 0 Å². The number of aromatic nitrogens is 2. The molecule has 0 aliphatic carbocycles. The standard InChI is InChI=1S/C12H7ClIN4O3P/c13-5-3-9(6(14)4-10(5)22)15-8-2-1-7-11(17-21-16-7)12(8)18(19)20/h1-4,15H,22H2. The third-order valence-corrected chi connectivity index (χ3v) is 4.82. The Morgan fingerprint density at radius 1 is 1.32 bits per heavy atom. The summed E-state index contributed by atoms with van der Waals surface area (Å²) in [6, 6.07) is 6.72. The van der Waals surface area contributed by atoms with Crippen molar-refractivity contribution in [2.24, 2.45) is 0 Å². The van der Waals surface area contributed by atoms with E-state index in [0.29, 0.717) is 21.9 Å². The van der Waals surface area contributed by atoms with Gasteiger partial charge in [0.05, 0.1) is 10.6 Å². The van der Waals surface area contributed by atoms with Gasteiger partial charge < -0.3 is 5.32 Å². The van der Waals surface area contributed by atoms with Crippen LogP contribution in [0, 0.1) is 13.7 Å². The van der Waals surface area contributed by atoms with Gasteiger partial charge in [0, 0.05) is 8.59 Å². The van der Waals surface area contributed by atoms with Crippen LogP contribution in [0.15, 0.2) is 28.9 Å². The SMILES string of the molecule is O=[N+]([O-])c1c(Nc2cc(Cl)c(P)cc2I)ccc2nonc12. The maximum Gasteiger partial charge on any atom is 0.323 e. The molecule has 0 saturated heterocycles. The highest BCUT2D eigenvalue weighted by Crippen LogP contribution is 2.35. The van der Waals surface area contributed by atoms with Crippen LogP contribution in [0.1, 0.15) is 0 Å². The van der Waals surface area contributed by atoms with E-state index < -0.39 is 4.92 Å². The maximum atomic E-state index is 11.4. The molecular weight excluding hydrogens is 441 g/mol. The summed E-state index contributed by atoms with van der Waals surface area (Å²) in [6.45, 7) is 0. The average molecular weight is 449 g/mol. The Kier molecular flexibility index (Phi) is 4.16. The molecule has 112 valence electrons. The first-order valence-electron chi connectivity index (χ1n) is 5.88. The zero-order valence-corrected chi connectivity index (χ0v) is 14.8. The van der Waals surface area contributed by atoms with Crippen molar-refractivity contribution in [2.45, 2.75) is 0 Å². The Labute approximate surface area is 144 Å². The lowest BCUT2D eigenvalue weighted by Gasteiger charge is -2.10. The summed E-state index contributed by atoms with van der Waals surface area (Å²) in [5, 5.41) is 23.0. The van der Waals surface area contributed by atoms with Crippen molar-refractivity contribution in [1.29, 1.82) is 0 Å². The zero-order valence-electron chi connectivity index (χ0n) is 10.7. The van der Waals surface area contributed by atoms with Crippen LogP contribution in [0.3, 0.4) is 0 Å². The number of benzene rings is 2. The number of fused-ring (bicyclic) bond motifs is 1. The second-order valence-corrected chi connectivity index (χ2v) is 6.52. The minimum atomic E-state index is -0.520. The molecule has 0 aliphatic heterocycles. The summed E-state index contributed by atoms with van der Waals surface area (Å²) in [7, 11) is 2.53. The monoisotopic (exact) mass is 448 g/mol. The lowest BCUT2D eigenvalue weighted by molar-refractivity contribution is -0.382. The molecule has 1 heterocycles. The Morgan fingerprint density at radius 3 is 2.82 bits per heavy atom. The van der Waals surface area contributed by atoms with Crippen LogP contribution in [-0.2, 0) is 0 Å². The van der Waals surface area contributed by atoms with Gasteiger partial charge in [-0.1, -0.05) is 11.6 Å². The van der Waals surface area contributed by atoms with Crippen LogP contribution in [-0.4, -0.2) is 15.2 Å². The molecule has 7 nitrogen and oxygen atoms in total. The first kappa shape index (κ1) is 15.4. The van der Waals surface area contributed by atoms with Crippen LogP contribution < -0.4 is 10.6 Å². The van der Waals surface area contributed by atoms with E-state index in [-0.39, 0.29) is 11.2 Å². The highest BCUT2D eigenvalue weighted by molar-refractivity contribution is 14.1. The van der Waals surface area contributed by atoms with Gasteiger partial charge in [-0.3, -0.25) is 10.1 Å². The smallest absolute Gasteiger partial charge is 0.323 e. The minimum Gasteiger partial charge on any atom is -0.349 e. The third kappa shape index (κ3) is 2.73. The van der Waals surface area contributed by atoms with Gasteiger partial charge in [-0.15, -0.1) is 9.24 Å². The summed E-state index contributed by atoms with van der Waals surface area (Å²) < 4.78 is 5.44. The number of rotatable bonds is 3. The quantitative estimate of drug-likeness (QED) is 0.285. The number of nitro benzene ring substituents is 1. The molecule has 0 bridgehead atoms. The molecule has 3 rings (SSSR count). The van der Waals surface area contributed by atoms with E-state index in [4.69, 9.17) is 11.6 Å². The summed E-state index contributed by atoms with van der Waals surface area (Å²) in [4.78, 5) is 10.8. The first-order chi connectivity index (χ1) is 10.5. The number of anilines is 2. The molecule has 0 fully saturated rings. The Bertz CT molecular complexity index is 901. The number of nitrogens with zero attached hydrogens (tertiary/aromatic N) is 3. The second kappa shape index (κ2) is 5.94. The van der Waals surface area contributed by atoms with Crippen molar-refractivity contribution in [3.8, 4) is 0 Å². The van der Waals surface area contributed by atoms with E-state index in [1.807, 2.05) is 6.07 Å². The Morgan fingerprint density at radius 2 is 2.09 bits per heavy atom. The number of hydrogen-bond acceptors (Lipinski definition) is 6. The van der Waals surface area contributed by atoms with Crippen LogP contribution in [0.4, 0.5) is 17.1 Å². The van der Waals surface area contributed by atoms with Crippen LogP contribution in [0.5, 0.6) is 0 Å². The molecule has 10 heteroatoms. The van der Waals surface area contributed by atoms with E-state index in [1.165, 1.54) is 0 Å². The molecule has 0 saturated carbocycles. The van der Waals surface area contributed by atoms with Crippen molar-refractivity contribution < 1.29 is 9.55 Å². The van der Waals surface area contributed by atoms with Gasteiger partial charge in [-0.05, 0) is 62.5 Å². The predicted molar refractivity (Wildman–Crippen MR) is 95.3 cm³/mol. The van der Waals surface area contributed by atoms with Crippen molar-refractivity contribution in [3.05, 3.63) is 43.0 Å². The van der Waals surface area contributed by atoms with E-state index in [9.17, 15) is 10.1 Å². The molecule has 0 spiro atoms. The van der Waals surface area contributed by atoms with Gasteiger partial charge in [0.25, 0.3) is 0 Å². The van der Waals surface area contributed by atoms with E-state index in [2.05, 4.69) is 52.1 Å². The summed E-state index contributed by atoms with van der Waals surface area (Å²) in [5.41, 5.74) is 1.18. The van der Waals surface area contributed by atoms with Crippen molar-refractivity contribution in [3.63, 3.8) is 0 Å². The van der Waals surface area contributed by atoms with Gasteiger partial charge in [-0.25, -0.2) is 4.63 Å². The topological polar surface area (TPSA) is 94.1 Å². The fourth-order valence-corrected chi connectivity index (χ4v) is 3.31. The molecule has 2 aromatic carbocycles. The van der Waals surface area contributed by atoms with E-state index in [0.717, 1.165) is 8.87 Å². The summed E-state index contributed by atoms with van der Waals surface area (Å²) in [5.74, 6) is 0. The lowest BCUT2D eigenvalue weighted by Crippen LogP contribution is -2.02. The lowest BCUT2D eigenvalue weighted by atomic mass is 10.2. The molecule has 0 aliphatic rings. The normalized spacial score (nSPS) is 10.9. The van der Waals surface area contributed by atoms with Crippen molar-refractivity contribution in [1.82, 2.24) is 10.3 Å². The number of nitrogens with one attached hydrogen (secondary N) is 1. The average Bonchev–Trinajstić information content (AvgIpc) is 2.92. The molecule has 1 atom stereocenters. The van der Waals surface area contributed by atoms with Crippen molar-refractivity contribution >= 4 is 76.8 Å². The first-order valence-corrected chi connectivity index (χ1v) is 7.92. The Hall–Kier alpha value is -1.51. The summed E-state index contributed by atoms with van der Waals surface area (Å²) >= 11 is 8.22. The molecular formula is C12H7ClIN4O3P. The molecule has 1 unspecified atom stereocenters. The van der Waals surface area contributed by atoms with Crippen molar-refractivity contribution in [2.75, 3.05) is 5.32 Å². The molecule has 1 aromatic heterocycles. The van der Waals surface area contributed by atoms with Crippen LogP contribution in [0.25, 0.3) is 11.0 Å². The third-order valence-electron chi connectivity index (χ3n) is 2.94. The molecule has 22 heavy (non-hydrogen) atoms. The number of nitro groups is 1. The zero-order chi connectivity index (χ0) is 15.9. The predicted octanol–water partition coefficient (Wildman–Crippen LogP) is 3.63. The van der Waals surface area contributed by atoms with Gasteiger partial charge in [-0.2, -0.15) is 0 Å². The Balaban J connectivity index is 2.13. The van der Waals surface area contributed by atoms with Gasteiger partial charge in [0.15, 0.2) is 0 Å². The highest BCUT2D eigenvalue weighted by atomic mass is 127. The fraction of sp³-hybridized carbons (Fsp3) is 0. The molecule has 0 amide bonds. The van der Waals surface area contributed by atoms with Gasteiger partial charge >= 0.3 is 5.69 Å². The largest absolute Gasteiger partial charge is 0.349 e. The minimum absolute atomic E-state index is 0.0961. The summed E-state index contributed by atoms with van der Waals surface area (Å²) in [6.07, 6.45) is 0. The van der Waals surface area contributed by atoms with Gasteiger partial charge in [0.2, 0.25) is 5.52 Å². The fourth-order valence-electron chi connectivity index (χ4n) is 1.93. The van der Waals surface area contributed by atoms with E-state index in [1.54, 1.807) is 18.2 Å². The number of halogens is 2. The molecule has 0 radical (unpaired) electrons. The van der Waals surface area contributed by atoms with Gasteiger partial charge in [0.1, 0.15) is 11.2 Å². The molecule has 1 N–H and O–H groups in total. The van der Waals surface area contributed by atoms with Crippen LogP contribution >= 0.6 is 43.4 Å².